The van der Waals surface area contributed by atoms with Gasteiger partial charge in [0, 0.05) is 6.20 Å². The molecule has 1 aromatic carbocycles. The van der Waals surface area contributed by atoms with Gasteiger partial charge in [0.15, 0.2) is 0 Å². The summed E-state index contributed by atoms with van der Waals surface area (Å²) in [5.74, 6) is 0.755. The topological polar surface area (TPSA) is 54.7 Å². The number of hydrogen-bond acceptors (Lipinski definition) is 4. The van der Waals surface area contributed by atoms with Crippen molar-refractivity contribution in [3.05, 3.63) is 59.9 Å². The normalized spacial score (nSPS) is 10.6. The maximum atomic E-state index is 8.37. The predicted octanol–water partition coefficient (Wildman–Crippen LogP) is 2.47. The molecule has 0 saturated carbocycles. The largest absolute Gasteiger partial charge is 0.487 e. The van der Waals surface area contributed by atoms with E-state index in [1.54, 1.807) is 6.20 Å². The van der Waals surface area contributed by atoms with Crippen molar-refractivity contribution < 1.29 is 9.94 Å². The lowest BCUT2D eigenvalue weighted by molar-refractivity contribution is 0.301. The van der Waals surface area contributed by atoms with Crippen LogP contribution >= 0.6 is 0 Å². The molecule has 0 bridgehead atoms. The molecule has 0 aliphatic carbocycles. The lowest BCUT2D eigenvalue weighted by Gasteiger charge is -2.05. The third kappa shape index (κ3) is 3.31. The summed E-state index contributed by atoms with van der Waals surface area (Å²) in [4.78, 5) is 4.16. The lowest BCUT2D eigenvalue weighted by atomic mass is 10.2. The smallest absolute Gasteiger partial charge is 0.130 e. The van der Waals surface area contributed by atoms with E-state index in [1.807, 2.05) is 42.5 Å². The minimum atomic E-state index is 0.439. The molecule has 0 saturated heterocycles. The van der Waals surface area contributed by atoms with Crippen LogP contribution in [0, 0.1) is 0 Å². The van der Waals surface area contributed by atoms with E-state index >= 15 is 0 Å². The van der Waals surface area contributed by atoms with E-state index in [4.69, 9.17) is 9.94 Å². The van der Waals surface area contributed by atoms with Gasteiger partial charge in [0.1, 0.15) is 12.4 Å². The standard InChI is InChI=1S/C13H12N2O2/c16-15-9-11-4-6-13(7-5-11)17-10-12-3-1-2-8-14-12/h1-9,16H,10H2/b15-9+. The molecule has 2 aromatic rings. The molecule has 0 fully saturated rings. The van der Waals surface area contributed by atoms with Crippen molar-refractivity contribution >= 4 is 6.21 Å². The quantitative estimate of drug-likeness (QED) is 0.497. The van der Waals surface area contributed by atoms with E-state index in [0.717, 1.165) is 17.0 Å². The van der Waals surface area contributed by atoms with Crippen LogP contribution in [-0.4, -0.2) is 16.4 Å². The number of oxime groups is 1. The number of nitrogens with zero attached hydrogens (tertiary/aromatic N) is 2. The van der Waals surface area contributed by atoms with E-state index < -0.39 is 0 Å². The number of rotatable bonds is 4. The fourth-order valence-electron chi connectivity index (χ4n) is 1.36. The molecule has 4 nitrogen and oxygen atoms in total. The van der Waals surface area contributed by atoms with Gasteiger partial charge in [-0.15, -0.1) is 0 Å². The Kier molecular flexibility index (Phi) is 3.70. The SMILES string of the molecule is O/N=C/c1ccc(OCc2ccccn2)cc1. The summed E-state index contributed by atoms with van der Waals surface area (Å²) in [6, 6.07) is 13.0. The summed E-state index contributed by atoms with van der Waals surface area (Å²) in [5, 5.41) is 11.3. The first-order valence-electron chi connectivity index (χ1n) is 5.19. The fourth-order valence-corrected chi connectivity index (χ4v) is 1.36. The molecule has 1 heterocycles. The highest BCUT2D eigenvalue weighted by Crippen LogP contribution is 2.12. The monoisotopic (exact) mass is 228 g/mol. The van der Waals surface area contributed by atoms with Crippen LogP contribution in [0.1, 0.15) is 11.3 Å². The van der Waals surface area contributed by atoms with Crippen molar-refractivity contribution in [2.24, 2.45) is 5.16 Å². The molecule has 4 heteroatoms. The Hall–Kier alpha value is -2.36. The first kappa shape index (κ1) is 11.1. The highest BCUT2D eigenvalue weighted by atomic mass is 16.5. The zero-order chi connectivity index (χ0) is 11.9. The van der Waals surface area contributed by atoms with Crippen molar-refractivity contribution in [1.82, 2.24) is 4.98 Å². The molecular formula is C13H12N2O2. The third-order valence-electron chi connectivity index (χ3n) is 2.20. The van der Waals surface area contributed by atoms with Crippen molar-refractivity contribution in [2.75, 3.05) is 0 Å². The Labute approximate surface area is 99.2 Å². The lowest BCUT2D eigenvalue weighted by Crippen LogP contribution is -1.97. The van der Waals surface area contributed by atoms with E-state index in [9.17, 15) is 0 Å². The van der Waals surface area contributed by atoms with E-state index in [2.05, 4.69) is 10.1 Å². The van der Waals surface area contributed by atoms with Crippen LogP contribution in [0.25, 0.3) is 0 Å². The van der Waals surface area contributed by atoms with Gasteiger partial charge in [0.2, 0.25) is 0 Å². The first-order chi connectivity index (χ1) is 8.38. The summed E-state index contributed by atoms with van der Waals surface area (Å²) >= 11 is 0. The van der Waals surface area contributed by atoms with Gasteiger partial charge in [0.05, 0.1) is 11.9 Å². The second-order valence-electron chi connectivity index (χ2n) is 3.42. The molecule has 17 heavy (non-hydrogen) atoms. The summed E-state index contributed by atoms with van der Waals surface area (Å²) in [7, 11) is 0. The van der Waals surface area contributed by atoms with Gasteiger partial charge in [-0.25, -0.2) is 0 Å². The minimum absolute atomic E-state index is 0.439. The number of benzene rings is 1. The fraction of sp³-hybridized carbons (Fsp3) is 0.0769. The molecule has 2 rings (SSSR count). The number of pyridine rings is 1. The summed E-state index contributed by atoms with van der Waals surface area (Å²) < 4.78 is 5.56. The second kappa shape index (κ2) is 5.65. The molecule has 0 atom stereocenters. The van der Waals surface area contributed by atoms with Crippen LogP contribution in [0.4, 0.5) is 0 Å². The highest BCUT2D eigenvalue weighted by molar-refractivity contribution is 5.79. The summed E-state index contributed by atoms with van der Waals surface area (Å²) in [6.07, 6.45) is 3.10. The third-order valence-corrected chi connectivity index (χ3v) is 2.20. The summed E-state index contributed by atoms with van der Waals surface area (Å²) in [5.41, 5.74) is 1.70. The first-order valence-corrected chi connectivity index (χ1v) is 5.19. The molecule has 1 aromatic heterocycles. The van der Waals surface area contributed by atoms with Crippen LogP contribution in [-0.2, 0) is 6.61 Å². The van der Waals surface area contributed by atoms with E-state index in [1.165, 1.54) is 6.21 Å². The second-order valence-corrected chi connectivity index (χ2v) is 3.42. The maximum Gasteiger partial charge on any atom is 0.130 e. The van der Waals surface area contributed by atoms with Crippen LogP contribution in [0.15, 0.2) is 53.8 Å². The average Bonchev–Trinajstić information content (AvgIpc) is 2.40. The Balaban J connectivity index is 1.95. The molecule has 0 amide bonds. The zero-order valence-electron chi connectivity index (χ0n) is 9.15. The Bertz CT molecular complexity index is 481. The molecule has 0 aliphatic heterocycles. The number of aromatic nitrogens is 1. The Morgan fingerprint density at radius 2 is 2.00 bits per heavy atom. The highest BCUT2D eigenvalue weighted by Gasteiger charge is 1.96. The van der Waals surface area contributed by atoms with Gasteiger partial charge in [0.25, 0.3) is 0 Å². The molecule has 0 spiro atoms. The Morgan fingerprint density at radius 1 is 1.18 bits per heavy atom. The minimum Gasteiger partial charge on any atom is -0.487 e. The molecule has 1 N–H and O–H groups in total. The van der Waals surface area contributed by atoms with Crippen molar-refractivity contribution in [3.8, 4) is 5.75 Å². The van der Waals surface area contributed by atoms with Crippen LogP contribution in [0.2, 0.25) is 0 Å². The molecule has 0 radical (unpaired) electrons. The van der Waals surface area contributed by atoms with Gasteiger partial charge in [-0.3, -0.25) is 4.98 Å². The molecule has 86 valence electrons. The average molecular weight is 228 g/mol. The van der Waals surface area contributed by atoms with E-state index in [0.29, 0.717) is 6.61 Å². The molecule has 0 aliphatic rings. The van der Waals surface area contributed by atoms with Gasteiger partial charge < -0.3 is 9.94 Å². The van der Waals surface area contributed by atoms with Crippen molar-refractivity contribution in [1.29, 1.82) is 0 Å². The van der Waals surface area contributed by atoms with Crippen molar-refractivity contribution in [2.45, 2.75) is 6.61 Å². The predicted molar refractivity (Wildman–Crippen MR) is 64.4 cm³/mol. The number of hydrogen-bond donors (Lipinski definition) is 1. The van der Waals surface area contributed by atoms with Crippen LogP contribution in [0.3, 0.4) is 0 Å². The summed E-state index contributed by atoms with van der Waals surface area (Å²) in [6.45, 7) is 0.439. The van der Waals surface area contributed by atoms with Crippen LogP contribution < -0.4 is 4.74 Å². The zero-order valence-corrected chi connectivity index (χ0v) is 9.15. The van der Waals surface area contributed by atoms with Gasteiger partial charge in [-0.2, -0.15) is 0 Å². The van der Waals surface area contributed by atoms with E-state index in [-0.39, 0.29) is 0 Å². The van der Waals surface area contributed by atoms with Crippen molar-refractivity contribution in [3.63, 3.8) is 0 Å². The Morgan fingerprint density at radius 3 is 2.65 bits per heavy atom. The van der Waals surface area contributed by atoms with Gasteiger partial charge in [-0.05, 0) is 42.0 Å². The van der Waals surface area contributed by atoms with Gasteiger partial charge in [-0.1, -0.05) is 11.2 Å². The molecule has 0 unspecified atom stereocenters. The van der Waals surface area contributed by atoms with Gasteiger partial charge >= 0.3 is 0 Å². The van der Waals surface area contributed by atoms with Crippen LogP contribution in [0.5, 0.6) is 5.75 Å². The maximum absolute atomic E-state index is 8.37. The molecular weight excluding hydrogens is 216 g/mol. The number of ether oxygens (including phenoxy) is 1.